The first kappa shape index (κ1) is 15.9. The van der Waals surface area contributed by atoms with Crippen LogP contribution in [0.4, 0.5) is 4.39 Å². The Morgan fingerprint density at radius 2 is 2.33 bits per heavy atom. The van der Waals surface area contributed by atoms with Crippen molar-refractivity contribution in [3.8, 4) is 0 Å². The second kappa shape index (κ2) is 7.52. The van der Waals surface area contributed by atoms with Crippen LogP contribution >= 0.6 is 0 Å². The number of nitrogens with one attached hydrogen (secondary N) is 2. The van der Waals surface area contributed by atoms with Crippen molar-refractivity contribution in [1.82, 2.24) is 15.5 Å². The molecule has 1 unspecified atom stereocenters. The lowest BCUT2D eigenvalue weighted by Gasteiger charge is -2.20. The van der Waals surface area contributed by atoms with E-state index in [1.54, 1.807) is 13.0 Å². The van der Waals surface area contributed by atoms with Crippen molar-refractivity contribution in [2.24, 2.45) is 0 Å². The molecule has 0 spiro atoms. The highest BCUT2D eigenvalue weighted by Gasteiger charge is 2.17. The number of hydrogen-bond acceptors (Lipinski definition) is 3. The molecule has 0 bridgehead atoms. The molecule has 4 nitrogen and oxygen atoms in total. The van der Waals surface area contributed by atoms with Gasteiger partial charge in [-0.25, -0.2) is 4.39 Å². The van der Waals surface area contributed by atoms with Gasteiger partial charge in [-0.2, -0.15) is 0 Å². The Bertz CT molecular complexity index is 486. The number of amides is 1. The van der Waals surface area contributed by atoms with Crippen LogP contribution in [0.25, 0.3) is 0 Å². The quantitative estimate of drug-likeness (QED) is 0.834. The molecule has 1 aliphatic rings. The van der Waals surface area contributed by atoms with Crippen molar-refractivity contribution in [1.29, 1.82) is 0 Å². The van der Waals surface area contributed by atoms with Crippen LogP contribution in [0, 0.1) is 12.7 Å². The van der Waals surface area contributed by atoms with Gasteiger partial charge in [0.15, 0.2) is 0 Å². The van der Waals surface area contributed by atoms with E-state index < -0.39 is 0 Å². The third-order valence-corrected chi connectivity index (χ3v) is 3.83. The highest BCUT2D eigenvalue weighted by Crippen LogP contribution is 2.09. The summed E-state index contributed by atoms with van der Waals surface area (Å²) in [6, 6.07) is 5.54. The first-order valence-corrected chi connectivity index (χ1v) is 7.48. The predicted molar refractivity (Wildman–Crippen MR) is 81.5 cm³/mol. The van der Waals surface area contributed by atoms with Crippen molar-refractivity contribution in [2.45, 2.75) is 32.4 Å². The van der Waals surface area contributed by atoms with E-state index in [0.29, 0.717) is 24.7 Å². The molecule has 5 heteroatoms. The normalized spacial score (nSPS) is 18.2. The predicted octanol–water partition coefficient (Wildman–Crippen LogP) is 1.43. The highest BCUT2D eigenvalue weighted by molar-refractivity contribution is 5.77. The van der Waals surface area contributed by atoms with Gasteiger partial charge in [0.1, 0.15) is 5.82 Å². The Kier molecular flexibility index (Phi) is 5.70. The molecular weight excluding hydrogens is 269 g/mol. The average molecular weight is 293 g/mol. The fraction of sp³-hybridized carbons (Fsp3) is 0.562. The van der Waals surface area contributed by atoms with Gasteiger partial charge < -0.3 is 10.6 Å². The fourth-order valence-corrected chi connectivity index (χ4v) is 2.60. The van der Waals surface area contributed by atoms with Crippen LogP contribution in [0.3, 0.4) is 0 Å². The Labute approximate surface area is 125 Å². The standard InChI is InChI=1S/C16H24FN3O/c1-12-5-6-13(8-15(12)17)9-19-16(21)11-20(2)10-14-4-3-7-18-14/h5-6,8,14,18H,3-4,7,9-11H2,1-2H3,(H,19,21). The van der Waals surface area contributed by atoms with E-state index >= 15 is 0 Å². The van der Waals surface area contributed by atoms with Gasteiger partial charge in [-0.3, -0.25) is 9.69 Å². The number of nitrogens with zero attached hydrogens (tertiary/aromatic N) is 1. The van der Waals surface area contributed by atoms with E-state index in [9.17, 15) is 9.18 Å². The van der Waals surface area contributed by atoms with Crippen LogP contribution in [0.2, 0.25) is 0 Å². The molecular formula is C16H24FN3O. The van der Waals surface area contributed by atoms with Crippen LogP contribution < -0.4 is 10.6 Å². The molecule has 1 aromatic rings. The lowest BCUT2D eigenvalue weighted by molar-refractivity contribution is -0.122. The van der Waals surface area contributed by atoms with Crippen molar-refractivity contribution in [3.63, 3.8) is 0 Å². The second-order valence-corrected chi connectivity index (χ2v) is 5.85. The zero-order valence-corrected chi connectivity index (χ0v) is 12.8. The van der Waals surface area contributed by atoms with E-state index in [0.717, 1.165) is 18.7 Å². The number of benzene rings is 1. The van der Waals surface area contributed by atoms with Gasteiger partial charge >= 0.3 is 0 Å². The van der Waals surface area contributed by atoms with Gasteiger partial charge in [0.05, 0.1) is 6.54 Å². The first-order valence-electron chi connectivity index (χ1n) is 7.48. The van der Waals surface area contributed by atoms with Gasteiger partial charge in [0.2, 0.25) is 5.91 Å². The number of likely N-dealkylation sites (N-methyl/N-ethyl adjacent to an activating group) is 1. The summed E-state index contributed by atoms with van der Waals surface area (Å²) in [5, 5.41) is 6.25. The molecule has 2 rings (SSSR count). The molecule has 1 atom stereocenters. The topological polar surface area (TPSA) is 44.4 Å². The number of hydrogen-bond donors (Lipinski definition) is 2. The molecule has 1 fully saturated rings. The molecule has 1 saturated heterocycles. The van der Waals surface area contributed by atoms with Crippen molar-refractivity contribution >= 4 is 5.91 Å². The third kappa shape index (κ3) is 5.10. The van der Waals surface area contributed by atoms with Crippen molar-refractivity contribution < 1.29 is 9.18 Å². The Morgan fingerprint density at radius 3 is 3.00 bits per heavy atom. The molecule has 21 heavy (non-hydrogen) atoms. The van der Waals surface area contributed by atoms with E-state index in [4.69, 9.17) is 0 Å². The lowest BCUT2D eigenvalue weighted by atomic mass is 10.1. The largest absolute Gasteiger partial charge is 0.351 e. The summed E-state index contributed by atoms with van der Waals surface area (Å²) >= 11 is 0. The molecule has 1 aromatic carbocycles. The van der Waals surface area contributed by atoms with Gasteiger partial charge in [-0.15, -0.1) is 0 Å². The second-order valence-electron chi connectivity index (χ2n) is 5.85. The number of carbonyl (C=O) groups is 1. The molecule has 0 saturated carbocycles. The molecule has 0 radical (unpaired) electrons. The van der Waals surface area contributed by atoms with Gasteiger partial charge in [-0.1, -0.05) is 12.1 Å². The summed E-state index contributed by atoms with van der Waals surface area (Å²) in [5.41, 5.74) is 1.40. The number of aryl methyl sites for hydroxylation is 1. The summed E-state index contributed by atoms with van der Waals surface area (Å²) in [5.74, 6) is -0.261. The fourth-order valence-electron chi connectivity index (χ4n) is 2.60. The zero-order chi connectivity index (χ0) is 15.2. The van der Waals surface area contributed by atoms with Crippen LogP contribution in [0.5, 0.6) is 0 Å². The average Bonchev–Trinajstić information content (AvgIpc) is 2.92. The van der Waals surface area contributed by atoms with Gasteiger partial charge in [0, 0.05) is 19.1 Å². The van der Waals surface area contributed by atoms with E-state index in [1.165, 1.54) is 18.9 Å². The maximum absolute atomic E-state index is 13.4. The highest BCUT2D eigenvalue weighted by atomic mass is 19.1. The molecule has 1 amide bonds. The van der Waals surface area contributed by atoms with Crippen LogP contribution in [-0.2, 0) is 11.3 Å². The molecule has 0 aromatic heterocycles. The van der Waals surface area contributed by atoms with Gasteiger partial charge in [0.25, 0.3) is 0 Å². The van der Waals surface area contributed by atoms with Crippen LogP contribution in [0.15, 0.2) is 18.2 Å². The Balaban J connectivity index is 1.72. The molecule has 1 aliphatic heterocycles. The van der Waals surface area contributed by atoms with E-state index in [1.807, 2.05) is 18.0 Å². The van der Waals surface area contributed by atoms with E-state index in [2.05, 4.69) is 10.6 Å². The van der Waals surface area contributed by atoms with Crippen LogP contribution in [0.1, 0.15) is 24.0 Å². The summed E-state index contributed by atoms with van der Waals surface area (Å²) in [7, 11) is 1.95. The monoisotopic (exact) mass is 293 g/mol. The smallest absolute Gasteiger partial charge is 0.234 e. The Morgan fingerprint density at radius 1 is 1.52 bits per heavy atom. The third-order valence-electron chi connectivity index (χ3n) is 3.83. The molecule has 116 valence electrons. The number of halogens is 1. The molecule has 0 aliphatic carbocycles. The minimum atomic E-state index is -0.230. The Hall–Kier alpha value is -1.46. The SMILES string of the molecule is Cc1ccc(CNC(=O)CN(C)CC2CCCN2)cc1F. The maximum atomic E-state index is 13.4. The number of carbonyl (C=O) groups excluding carboxylic acids is 1. The van der Waals surface area contributed by atoms with Crippen LogP contribution in [-0.4, -0.2) is 43.5 Å². The van der Waals surface area contributed by atoms with Crippen molar-refractivity contribution in [2.75, 3.05) is 26.7 Å². The minimum absolute atomic E-state index is 0.0310. The maximum Gasteiger partial charge on any atom is 0.234 e. The summed E-state index contributed by atoms with van der Waals surface area (Å²) in [6.07, 6.45) is 2.39. The molecule has 2 N–H and O–H groups in total. The van der Waals surface area contributed by atoms with Crippen molar-refractivity contribution in [3.05, 3.63) is 35.1 Å². The van der Waals surface area contributed by atoms with E-state index in [-0.39, 0.29) is 11.7 Å². The minimum Gasteiger partial charge on any atom is -0.351 e. The zero-order valence-electron chi connectivity index (χ0n) is 12.8. The molecule has 1 heterocycles. The van der Waals surface area contributed by atoms with Gasteiger partial charge in [-0.05, 0) is 50.6 Å². The summed E-state index contributed by atoms with van der Waals surface area (Å²) < 4.78 is 13.4. The summed E-state index contributed by atoms with van der Waals surface area (Å²) in [4.78, 5) is 13.9. The lowest BCUT2D eigenvalue weighted by Crippen LogP contribution is -2.41. The number of rotatable bonds is 6. The summed E-state index contributed by atoms with van der Waals surface area (Å²) in [6.45, 7) is 4.41. The first-order chi connectivity index (χ1) is 10.0.